The Hall–Kier alpha value is -1.42. The molecule has 4 heteroatoms. The van der Waals surface area contributed by atoms with Gasteiger partial charge in [-0.1, -0.05) is 12.5 Å². The molecule has 1 fully saturated rings. The molecular formula is C15H21FN2O. The second-order valence-electron chi connectivity index (χ2n) is 5.41. The number of halogens is 1. The molecule has 1 aromatic rings. The van der Waals surface area contributed by atoms with Gasteiger partial charge in [0.1, 0.15) is 5.82 Å². The number of nitrogens with one attached hydrogen (secondary N) is 1. The molecule has 104 valence electrons. The van der Waals surface area contributed by atoms with Crippen LogP contribution in [-0.2, 0) is 11.3 Å². The highest BCUT2D eigenvalue weighted by Crippen LogP contribution is 2.23. The van der Waals surface area contributed by atoms with Crippen molar-refractivity contribution in [3.63, 3.8) is 0 Å². The maximum absolute atomic E-state index is 13.1. The van der Waals surface area contributed by atoms with E-state index >= 15 is 0 Å². The zero-order valence-corrected chi connectivity index (χ0v) is 11.3. The average Bonchev–Trinajstić information content (AvgIpc) is 2.39. The molecule has 1 aliphatic carbocycles. The average molecular weight is 264 g/mol. The summed E-state index contributed by atoms with van der Waals surface area (Å²) in [5.41, 5.74) is 7.70. The number of hydrogen-bond acceptors (Lipinski definition) is 2. The molecule has 2 rings (SSSR count). The predicted molar refractivity (Wildman–Crippen MR) is 72.9 cm³/mol. The number of rotatable bonds is 3. The summed E-state index contributed by atoms with van der Waals surface area (Å²) in [4.78, 5) is 12.1. The third kappa shape index (κ3) is 3.77. The molecule has 1 saturated carbocycles. The minimum Gasteiger partial charge on any atom is -0.352 e. The van der Waals surface area contributed by atoms with Gasteiger partial charge in [-0.3, -0.25) is 4.79 Å². The molecule has 3 nitrogen and oxygen atoms in total. The first kappa shape index (κ1) is 14.0. The maximum atomic E-state index is 13.1. The highest BCUT2D eigenvalue weighted by Gasteiger charge is 2.25. The summed E-state index contributed by atoms with van der Waals surface area (Å²) in [5.74, 6) is -0.217. The molecule has 19 heavy (non-hydrogen) atoms. The fraction of sp³-hybridized carbons (Fsp3) is 0.533. The summed E-state index contributed by atoms with van der Waals surface area (Å²) < 4.78 is 13.1. The number of carbonyl (C=O) groups is 1. The fourth-order valence-electron chi connectivity index (χ4n) is 2.62. The Bertz CT molecular complexity index is 461. The lowest BCUT2D eigenvalue weighted by Crippen LogP contribution is -2.37. The summed E-state index contributed by atoms with van der Waals surface area (Å²) in [6.07, 6.45) is 3.68. The molecule has 0 radical (unpaired) electrons. The minimum atomic E-state index is -0.269. The van der Waals surface area contributed by atoms with Crippen LogP contribution in [0.3, 0.4) is 0 Å². The molecule has 0 heterocycles. The van der Waals surface area contributed by atoms with Crippen molar-refractivity contribution in [1.29, 1.82) is 0 Å². The van der Waals surface area contributed by atoms with E-state index in [1.165, 1.54) is 12.1 Å². The molecule has 0 spiro atoms. The molecule has 1 amide bonds. The van der Waals surface area contributed by atoms with Crippen molar-refractivity contribution >= 4 is 5.91 Å². The van der Waals surface area contributed by atoms with E-state index in [0.717, 1.165) is 36.8 Å². The van der Waals surface area contributed by atoms with Gasteiger partial charge < -0.3 is 11.1 Å². The molecule has 0 bridgehead atoms. The van der Waals surface area contributed by atoms with Crippen molar-refractivity contribution in [2.75, 3.05) is 0 Å². The third-order valence-electron chi connectivity index (χ3n) is 3.85. The summed E-state index contributed by atoms with van der Waals surface area (Å²) in [7, 11) is 0. The Morgan fingerprint density at radius 2 is 2.26 bits per heavy atom. The largest absolute Gasteiger partial charge is 0.352 e. The Morgan fingerprint density at radius 1 is 1.47 bits per heavy atom. The van der Waals surface area contributed by atoms with Gasteiger partial charge in [0, 0.05) is 18.5 Å². The van der Waals surface area contributed by atoms with Crippen LogP contribution in [-0.4, -0.2) is 11.9 Å². The van der Waals surface area contributed by atoms with Crippen molar-refractivity contribution in [3.8, 4) is 0 Å². The van der Waals surface area contributed by atoms with Crippen LogP contribution in [0, 0.1) is 18.7 Å². The molecule has 1 aliphatic rings. The molecule has 0 aromatic heterocycles. The van der Waals surface area contributed by atoms with Gasteiger partial charge in [-0.05, 0) is 49.4 Å². The molecule has 0 saturated heterocycles. The minimum absolute atomic E-state index is 0.0117. The van der Waals surface area contributed by atoms with Gasteiger partial charge in [0.05, 0.1) is 0 Å². The van der Waals surface area contributed by atoms with E-state index in [1.54, 1.807) is 6.07 Å². The molecule has 0 aliphatic heterocycles. The summed E-state index contributed by atoms with van der Waals surface area (Å²) in [6, 6.07) is 4.77. The first-order valence-electron chi connectivity index (χ1n) is 6.84. The second kappa shape index (κ2) is 6.15. The molecule has 0 unspecified atom stereocenters. The number of amides is 1. The van der Waals surface area contributed by atoms with E-state index in [2.05, 4.69) is 5.32 Å². The van der Waals surface area contributed by atoms with Gasteiger partial charge in [0.2, 0.25) is 5.91 Å². The van der Waals surface area contributed by atoms with Gasteiger partial charge in [-0.2, -0.15) is 0 Å². The topological polar surface area (TPSA) is 55.1 Å². The molecule has 2 atom stereocenters. The zero-order valence-electron chi connectivity index (χ0n) is 11.3. The van der Waals surface area contributed by atoms with E-state index in [-0.39, 0.29) is 23.7 Å². The van der Waals surface area contributed by atoms with Gasteiger partial charge in [-0.15, -0.1) is 0 Å². The van der Waals surface area contributed by atoms with Gasteiger partial charge >= 0.3 is 0 Å². The molecular weight excluding hydrogens is 243 g/mol. The van der Waals surface area contributed by atoms with Crippen molar-refractivity contribution in [2.24, 2.45) is 11.7 Å². The van der Waals surface area contributed by atoms with Crippen molar-refractivity contribution in [3.05, 3.63) is 35.1 Å². The van der Waals surface area contributed by atoms with Crippen molar-refractivity contribution < 1.29 is 9.18 Å². The number of aryl methyl sites for hydroxylation is 1. The summed E-state index contributed by atoms with van der Waals surface area (Å²) >= 11 is 0. The Morgan fingerprint density at radius 3 is 3.00 bits per heavy atom. The SMILES string of the molecule is Cc1ccc(F)cc1CNC(=O)[C@@H]1CCC[C@H](N)C1. The van der Waals surface area contributed by atoms with E-state index in [9.17, 15) is 9.18 Å². The number of carbonyl (C=O) groups excluding carboxylic acids is 1. The normalized spacial score (nSPS) is 23.1. The number of nitrogens with two attached hydrogens (primary N) is 1. The smallest absolute Gasteiger partial charge is 0.223 e. The first-order valence-corrected chi connectivity index (χ1v) is 6.84. The number of benzene rings is 1. The lowest BCUT2D eigenvalue weighted by atomic mass is 9.85. The highest BCUT2D eigenvalue weighted by atomic mass is 19.1. The lowest BCUT2D eigenvalue weighted by molar-refractivity contribution is -0.126. The van der Waals surface area contributed by atoms with Crippen LogP contribution in [0.25, 0.3) is 0 Å². The van der Waals surface area contributed by atoms with Crippen LogP contribution in [0.2, 0.25) is 0 Å². The van der Waals surface area contributed by atoms with Crippen LogP contribution in [0.5, 0.6) is 0 Å². The molecule has 3 N–H and O–H groups in total. The first-order chi connectivity index (χ1) is 9.06. The van der Waals surface area contributed by atoms with Crippen LogP contribution in [0.4, 0.5) is 4.39 Å². The Labute approximate surface area is 113 Å². The van der Waals surface area contributed by atoms with Crippen LogP contribution in [0.1, 0.15) is 36.8 Å². The van der Waals surface area contributed by atoms with Gasteiger partial charge in [0.15, 0.2) is 0 Å². The summed E-state index contributed by atoms with van der Waals surface area (Å²) in [5, 5.41) is 2.90. The van der Waals surface area contributed by atoms with Crippen LogP contribution in [0.15, 0.2) is 18.2 Å². The zero-order chi connectivity index (χ0) is 13.8. The van der Waals surface area contributed by atoms with E-state index in [0.29, 0.717) is 6.54 Å². The van der Waals surface area contributed by atoms with Gasteiger partial charge in [0.25, 0.3) is 0 Å². The van der Waals surface area contributed by atoms with Crippen LogP contribution < -0.4 is 11.1 Å². The van der Waals surface area contributed by atoms with E-state index < -0.39 is 0 Å². The maximum Gasteiger partial charge on any atom is 0.223 e. The standard InChI is InChI=1S/C15H21FN2O/c1-10-5-6-13(16)7-12(10)9-18-15(19)11-3-2-4-14(17)8-11/h5-7,11,14H,2-4,8-9,17H2,1H3,(H,18,19)/t11-,14+/m1/s1. The van der Waals surface area contributed by atoms with Crippen LogP contribution >= 0.6 is 0 Å². The summed E-state index contributed by atoms with van der Waals surface area (Å²) in [6.45, 7) is 2.30. The van der Waals surface area contributed by atoms with Crippen molar-refractivity contribution in [2.45, 2.75) is 45.2 Å². The quantitative estimate of drug-likeness (QED) is 0.880. The lowest BCUT2D eigenvalue weighted by Gasteiger charge is -2.25. The predicted octanol–water partition coefficient (Wildman–Crippen LogP) is 2.27. The Kier molecular flexibility index (Phi) is 4.53. The van der Waals surface area contributed by atoms with E-state index in [4.69, 9.17) is 5.73 Å². The van der Waals surface area contributed by atoms with Crippen molar-refractivity contribution in [1.82, 2.24) is 5.32 Å². The fourth-order valence-corrected chi connectivity index (χ4v) is 2.62. The highest BCUT2D eigenvalue weighted by molar-refractivity contribution is 5.78. The second-order valence-corrected chi connectivity index (χ2v) is 5.41. The third-order valence-corrected chi connectivity index (χ3v) is 3.85. The molecule has 1 aromatic carbocycles. The number of hydrogen-bond donors (Lipinski definition) is 2. The van der Waals surface area contributed by atoms with Gasteiger partial charge in [-0.25, -0.2) is 4.39 Å². The monoisotopic (exact) mass is 264 g/mol. The van der Waals surface area contributed by atoms with E-state index in [1.807, 2.05) is 6.92 Å². The Balaban J connectivity index is 1.91.